The summed E-state index contributed by atoms with van der Waals surface area (Å²) in [5.41, 5.74) is 5.43. The van der Waals surface area contributed by atoms with Crippen LogP contribution in [-0.4, -0.2) is 60.3 Å². The minimum absolute atomic E-state index is 0.263. The minimum atomic E-state index is -1.18. The van der Waals surface area contributed by atoms with Gasteiger partial charge in [-0.3, -0.25) is 0 Å². The smallest absolute Gasteiger partial charge is 0.407 e. The molecule has 4 aromatic rings. The van der Waals surface area contributed by atoms with Crippen molar-refractivity contribution in [1.29, 1.82) is 5.26 Å². The molecule has 0 aliphatic carbocycles. The van der Waals surface area contributed by atoms with Crippen LogP contribution in [0.3, 0.4) is 0 Å². The Morgan fingerprint density at radius 2 is 1.74 bits per heavy atom. The topological polar surface area (TPSA) is 101 Å². The molecular formula is C34H40N4O4Si. The first-order chi connectivity index (χ1) is 20.7. The second-order valence-corrected chi connectivity index (χ2v) is 18.3. The van der Waals surface area contributed by atoms with Crippen molar-refractivity contribution in [2.75, 3.05) is 26.3 Å². The van der Waals surface area contributed by atoms with Crippen molar-refractivity contribution in [2.45, 2.75) is 57.3 Å². The second kappa shape index (κ2) is 13.1. The predicted molar refractivity (Wildman–Crippen MR) is 171 cm³/mol. The number of nitrogens with zero attached hydrogens (tertiary/aromatic N) is 4. The Hall–Kier alpha value is -3.97. The van der Waals surface area contributed by atoms with E-state index in [9.17, 15) is 15.2 Å². The molecule has 2 heterocycles. The fourth-order valence-electron chi connectivity index (χ4n) is 5.66. The van der Waals surface area contributed by atoms with Crippen LogP contribution in [0, 0.1) is 11.3 Å². The number of carbonyl (C=O) groups is 1. The summed E-state index contributed by atoms with van der Waals surface area (Å²) in [5.74, 6) is 0. The van der Waals surface area contributed by atoms with Crippen LogP contribution in [-0.2, 0) is 28.2 Å². The molecule has 0 unspecified atom stereocenters. The number of fused-ring (bicyclic) bond motifs is 1. The Balaban J connectivity index is 1.39. The maximum absolute atomic E-state index is 11.6. The van der Waals surface area contributed by atoms with E-state index in [0.29, 0.717) is 51.4 Å². The molecule has 0 saturated carbocycles. The van der Waals surface area contributed by atoms with Gasteiger partial charge < -0.3 is 19.5 Å². The zero-order valence-electron chi connectivity index (χ0n) is 25.3. The predicted octanol–water partition coefficient (Wildman–Crippen LogP) is 7.12. The summed E-state index contributed by atoms with van der Waals surface area (Å²) < 4.78 is 14.3. The zero-order chi connectivity index (χ0) is 30.5. The lowest BCUT2D eigenvalue weighted by atomic mass is 9.73. The molecule has 0 atom stereocenters. The highest BCUT2D eigenvalue weighted by Gasteiger charge is 2.37. The molecule has 43 heavy (non-hydrogen) atoms. The van der Waals surface area contributed by atoms with Gasteiger partial charge in [-0.1, -0.05) is 62.1 Å². The van der Waals surface area contributed by atoms with Crippen LogP contribution >= 0.6 is 0 Å². The number of rotatable bonds is 11. The Labute approximate surface area is 254 Å². The highest BCUT2D eigenvalue weighted by atomic mass is 28.3. The fraction of sp³-hybridized carbons (Fsp3) is 0.382. The van der Waals surface area contributed by atoms with Crippen molar-refractivity contribution in [3.63, 3.8) is 0 Å². The standard InChI is InChI=1S/C34H40N4O4Si/c1-43(2,3)18-17-41-25-38-22-29-19-28(27-11-9-26(21-35)10-12-27)20-30(32(29)36-38)23-42-24-34(31-7-5-4-6-8-31)13-15-37(16-14-34)33(39)40/h4-12,19-20,22H,13-18,23-25H2,1-3H3,(H,39,40). The van der Waals surface area contributed by atoms with Crippen molar-refractivity contribution in [2.24, 2.45) is 0 Å². The van der Waals surface area contributed by atoms with Crippen LogP contribution < -0.4 is 0 Å². The van der Waals surface area contributed by atoms with E-state index in [1.54, 1.807) is 0 Å². The maximum Gasteiger partial charge on any atom is 0.407 e. The molecule has 1 aromatic heterocycles. The van der Waals surface area contributed by atoms with E-state index in [1.807, 2.05) is 53.3 Å². The van der Waals surface area contributed by atoms with E-state index in [-0.39, 0.29) is 5.41 Å². The van der Waals surface area contributed by atoms with Crippen LogP contribution in [0.1, 0.15) is 29.5 Å². The van der Waals surface area contributed by atoms with Crippen LogP contribution in [0.4, 0.5) is 4.79 Å². The summed E-state index contributed by atoms with van der Waals surface area (Å²) in [6, 6.07) is 25.4. The number of aromatic nitrogens is 2. The SMILES string of the molecule is C[Si](C)(C)CCOCn1cc2cc(-c3ccc(C#N)cc3)cc(COCC3(c4ccccc4)CCN(C(=O)O)CC3)c2n1. The summed E-state index contributed by atoms with van der Waals surface area (Å²) in [5, 5.41) is 24.7. The monoisotopic (exact) mass is 596 g/mol. The third-order valence-corrected chi connectivity index (χ3v) is 10.0. The number of likely N-dealkylation sites (tertiary alicyclic amines) is 1. The molecule has 9 heteroatoms. The molecule has 5 rings (SSSR count). The van der Waals surface area contributed by atoms with Gasteiger partial charge in [-0.15, -0.1) is 0 Å². The van der Waals surface area contributed by atoms with Crippen molar-refractivity contribution in [1.82, 2.24) is 14.7 Å². The van der Waals surface area contributed by atoms with Crippen LogP contribution in [0.2, 0.25) is 25.7 Å². The summed E-state index contributed by atoms with van der Waals surface area (Å²) in [6.45, 7) is 9.94. The third kappa shape index (κ3) is 7.52. The van der Waals surface area contributed by atoms with E-state index < -0.39 is 14.2 Å². The number of hydrogen-bond donors (Lipinski definition) is 1. The first-order valence-electron chi connectivity index (χ1n) is 14.9. The average Bonchev–Trinajstić information content (AvgIpc) is 3.43. The van der Waals surface area contributed by atoms with Gasteiger partial charge in [0, 0.05) is 50.3 Å². The highest BCUT2D eigenvalue weighted by Crippen LogP contribution is 2.37. The van der Waals surface area contributed by atoms with Gasteiger partial charge in [-0.25, -0.2) is 9.48 Å². The van der Waals surface area contributed by atoms with Gasteiger partial charge in [0.05, 0.1) is 30.4 Å². The molecule has 1 saturated heterocycles. The van der Waals surface area contributed by atoms with Gasteiger partial charge in [0.2, 0.25) is 0 Å². The van der Waals surface area contributed by atoms with Gasteiger partial charge >= 0.3 is 6.09 Å². The van der Waals surface area contributed by atoms with E-state index in [2.05, 4.69) is 50.0 Å². The van der Waals surface area contributed by atoms with Crippen molar-refractivity contribution >= 4 is 25.1 Å². The fourth-order valence-corrected chi connectivity index (χ4v) is 6.42. The van der Waals surface area contributed by atoms with E-state index in [4.69, 9.17) is 14.6 Å². The zero-order valence-corrected chi connectivity index (χ0v) is 26.3. The number of piperidine rings is 1. The largest absolute Gasteiger partial charge is 0.465 e. The Morgan fingerprint density at radius 1 is 1.02 bits per heavy atom. The first-order valence-corrected chi connectivity index (χ1v) is 18.6. The van der Waals surface area contributed by atoms with Gasteiger partial charge in [-0.05, 0) is 59.8 Å². The average molecular weight is 597 g/mol. The maximum atomic E-state index is 11.6. The number of carboxylic acid groups (broad SMARTS) is 1. The minimum Gasteiger partial charge on any atom is -0.465 e. The molecule has 1 amide bonds. The molecular weight excluding hydrogens is 556 g/mol. The van der Waals surface area contributed by atoms with Gasteiger partial charge in [0.15, 0.2) is 0 Å². The number of amides is 1. The van der Waals surface area contributed by atoms with Crippen LogP contribution in [0.5, 0.6) is 0 Å². The second-order valence-electron chi connectivity index (χ2n) is 12.7. The lowest BCUT2D eigenvalue weighted by molar-refractivity contribution is 0.0372. The van der Waals surface area contributed by atoms with Gasteiger partial charge in [0.25, 0.3) is 0 Å². The molecule has 1 aliphatic rings. The third-order valence-electron chi connectivity index (χ3n) is 8.32. The number of benzene rings is 3. The lowest BCUT2D eigenvalue weighted by Crippen LogP contribution is -2.47. The molecule has 0 bridgehead atoms. The Morgan fingerprint density at radius 3 is 2.40 bits per heavy atom. The van der Waals surface area contributed by atoms with Crippen LogP contribution in [0.25, 0.3) is 22.0 Å². The summed E-state index contributed by atoms with van der Waals surface area (Å²) in [7, 11) is -1.18. The van der Waals surface area contributed by atoms with Gasteiger partial charge in [0.1, 0.15) is 6.73 Å². The van der Waals surface area contributed by atoms with Gasteiger partial charge in [-0.2, -0.15) is 10.4 Å². The number of ether oxygens (including phenoxy) is 2. The molecule has 0 radical (unpaired) electrons. The highest BCUT2D eigenvalue weighted by molar-refractivity contribution is 6.76. The number of nitriles is 1. The molecule has 224 valence electrons. The number of hydrogen-bond acceptors (Lipinski definition) is 5. The molecule has 3 aromatic carbocycles. The molecule has 1 N–H and O–H groups in total. The quantitative estimate of drug-likeness (QED) is 0.146. The van der Waals surface area contributed by atoms with Crippen molar-refractivity contribution < 1.29 is 19.4 Å². The Bertz CT molecular complexity index is 1580. The lowest BCUT2D eigenvalue weighted by Gasteiger charge is -2.41. The van der Waals surface area contributed by atoms with Crippen molar-refractivity contribution in [3.8, 4) is 17.2 Å². The molecule has 0 spiro atoms. The summed E-state index contributed by atoms with van der Waals surface area (Å²) in [4.78, 5) is 13.1. The summed E-state index contributed by atoms with van der Waals surface area (Å²) in [6.07, 6.45) is 2.55. The molecule has 1 fully saturated rings. The normalized spacial score (nSPS) is 15.0. The first kappa shape index (κ1) is 30.5. The molecule has 8 nitrogen and oxygen atoms in total. The van der Waals surface area contributed by atoms with Crippen LogP contribution in [0.15, 0.2) is 72.9 Å². The van der Waals surface area contributed by atoms with E-state index in [0.717, 1.165) is 40.2 Å². The summed E-state index contributed by atoms with van der Waals surface area (Å²) >= 11 is 0. The molecule has 1 aliphatic heterocycles. The van der Waals surface area contributed by atoms with E-state index >= 15 is 0 Å². The Kier molecular flexibility index (Phi) is 9.30. The van der Waals surface area contributed by atoms with Crippen molar-refractivity contribution in [3.05, 3.63) is 89.6 Å². The van der Waals surface area contributed by atoms with E-state index in [1.165, 1.54) is 10.5 Å².